The molecule has 0 spiro atoms. The molecule has 0 saturated heterocycles. The molecule has 2 unspecified atom stereocenters. The molecule has 0 bridgehead atoms. The van der Waals surface area contributed by atoms with Crippen LogP contribution in [0.3, 0.4) is 0 Å². The molecule has 0 amide bonds. The topological polar surface area (TPSA) is 68.0 Å². The van der Waals surface area contributed by atoms with Crippen LogP contribution >= 0.6 is 0 Å². The Hall–Kier alpha value is -3.80. The Kier molecular flexibility index (Phi) is 9.41. The molecule has 3 N–H and O–H groups in total. The van der Waals surface area contributed by atoms with Crippen molar-refractivity contribution in [2.45, 2.75) is 45.6 Å². The van der Waals surface area contributed by atoms with Crippen molar-refractivity contribution in [2.24, 2.45) is 0 Å². The van der Waals surface area contributed by atoms with Crippen LogP contribution in [0.15, 0.2) is 97.1 Å². The number of hydrogen-bond donors (Lipinski definition) is 2. The van der Waals surface area contributed by atoms with Gasteiger partial charge in [-0.2, -0.15) is 0 Å². The lowest BCUT2D eigenvalue weighted by atomic mass is 10.0. The Morgan fingerprint density at radius 3 is 2.11 bits per heavy atom. The van der Waals surface area contributed by atoms with E-state index >= 15 is 0 Å². The second-order valence-corrected chi connectivity index (χ2v) is 9.86. The number of aliphatic hydroxyl groups is 1. The molecule has 5 nitrogen and oxygen atoms in total. The first-order valence-electron chi connectivity index (χ1n) is 13.1. The van der Waals surface area contributed by atoms with E-state index in [1.54, 1.807) is 7.11 Å². The van der Waals surface area contributed by atoms with Gasteiger partial charge in [0, 0.05) is 19.1 Å². The molecule has 0 radical (unpaired) electrons. The molecule has 4 rings (SSSR count). The van der Waals surface area contributed by atoms with E-state index in [0.29, 0.717) is 24.6 Å². The first-order valence-corrected chi connectivity index (χ1v) is 13.1. The summed E-state index contributed by atoms with van der Waals surface area (Å²) in [5.74, 6) is 1.51. The number of aliphatic hydroxyl groups excluding tert-OH is 1. The molecule has 0 aromatic heterocycles. The Balaban J connectivity index is 1.46. The first-order chi connectivity index (χ1) is 18.4. The molecule has 0 aliphatic carbocycles. The van der Waals surface area contributed by atoms with E-state index in [9.17, 15) is 5.11 Å². The Labute approximate surface area is 226 Å². The van der Waals surface area contributed by atoms with Gasteiger partial charge in [-0.25, -0.2) is 0 Å². The summed E-state index contributed by atoms with van der Waals surface area (Å²) in [4.78, 5) is 2.33. The van der Waals surface area contributed by atoms with Crippen molar-refractivity contribution >= 4 is 5.69 Å². The van der Waals surface area contributed by atoms with E-state index in [-0.39, 0.29) is 6.04 Å². The maximum Gasteiger partial charge on any atom is 0.142 e. The van der Waals surface area contributed by atoms with Crippen molar-refractivity contribution in [2.75, 3.05) is 19.4 Å². The quantitative estimate of drug-likeness (QED) is 0.218. The van der Waals surface area contributed by atoms with Crippen LogP contribution in [-0.4, -0.2) is 29.7 Å². The molecule has 38 heavy (non-hydrogen) atoms. The molecule has 5 heteroatoms. The number of rotatable bonds is 12. The molecule has 4 aromatic carbocycles. The molecule has 0 aliphatic heterocycles. The molecular weight excluding hydrogens is 472 g/mol. The maximum absolute atomic E-state index is 11.3. The molecular formula is C33H38N2O3. The van der Waals surface area contributed by atoms with Crippen LogP contribution in [0.4, 0.5) is 5.69 Å². The number of nitrogens with two attached hydrogens (primary N) is 1. The zero-order chi connectivity index (χ0) is 26.9. The van der Waals surface area contributed by atoms with Gasteiger partial charge >= 0.3 is 0 Å². The van der Waals surface area contributed by atoms with Gasteiger partial charge in [0.25, 0.3) is 0 Å². The van der Waals surface area contributed by atoms with Crippen LogP contribution in [0.5, 0.6) is 11.5 Å². The number of aryl methyl sites for hydroxylation is 1. The van der Waals surface area contributed by atoms with Crippen molar-refractivity contribution in [3.63, 3.8) is 0 Å². The fourth-order valence-corrected chi connectivity index (χ4v) is 4.72. The van der Waals surface area contributed by atoms with Crippen LogP contribution in [0.25, 0.3) is 0 Å². The number of hydrogen-bond acceptors (Lipinski definition) is 5. The zero-order valence-corrected chi connectivity index (χ0v) is 22.5. The van der Waals surface area contributed by atoms with E-state index in [2.05, 4.69) is 55.1 Å². The minimum absolute atomic E-state index is 0.198. The van der Waals surface area contributed by atoms with Crippen molar-refractivity contribution in [1.29, 1.82) is 0 Å². The van der Waals surface area contributed by atoms with Gasteiger partial charge in [-0.3, -0.25) is 4.90 Å². The molecule has 0 heterocycles. The molecule has 0 aliphatic rings. The van der Waals surface area contributed by atoms with Gasteiger partial charge in [-0.05, 0) is 66.3 Å². The van der Waals surface area contributed by atoms with Crippen LogP contribution < -0.4 is 15.2 Å². The second kappa shape index (κ2) is 13.1. The highest BCUT2D eigenvalue weighted by Gasteiger charge is 2.21. The third kappa shape index (κ3) is 7.37. The summed E-state index contributed by atoms with van der Waals surface area (Å²) in [5.41, 5.74) is 12.3. The standard InChI is InChI=1S/C33H38N2O3/c1-24-18-28(14-16-32(24)37-3)19-25(2)35(21-26-10-6-4-7-11-26)22-31(36)29-15-17-33(30(34)20-29)38-23-27-12-8-5-9-13-27/h4-18,20,25,31,36H,19,21-23,34H2,1-3H3. The first kappa shape index (κ1) is 27.2. The summed E-state index contributed by atoms with van der Waals surface area (Å²) in [6.45, 7) is 5.94. The summed E-state index contributed by atoms with van der Waals surface area (Å²) in [6.07, 6.45) is 0.169. The number of anilines is 1. The van der Waals surface area contributed by atoms with Crippen molar-refractivity contribution in [1.82, 2.24) is 4.90 Å². The lowest BCUT2D eigenvalue weighted by Gasteiger charge is -2.31. The fourth-order valence-electron chi connectivity index (χ4n) is 4.72. The molecule has 198 valence electrons. The summed E-state index contributed by atoms with van der Waals surface area (Å²) in [5, 5.41) is 11.3. The average molecular weight is 511 g/mol. The Morgan fingerprint density at radius 2 is 1.47 bits per heavy atom. The molecule has 0 fully saturated rings. The summed E-state index contributed by atoms with van der Waals surface area (Å²) < 4.78 is 11.3. The molecule has 0 saturated carbocycles. The van der Waals surface area contributed by atoms with Gasteiger partial charge in [-0.1, -0.05) is 78.9 Å². The van der Waals surface area contributed by atoms with Gasteiger partial charge in [0.05, 0.1) is 18.9 Å². The smallest absolute Gasteiger partial charge is 0.142 e. The third-order valence-corrected chi connectivity index (χ3v) is 6.91. The fraction of sp³-hybridized carbons (Fsp3) is 0.273. The maximum atomic E-state index is 11.3. The van der Waals surface area contributed by atoms with Gasteiger partial charge in [-0.15, -0.1) is 0 Å². The van der Waals surface area contributed by atoms with Crippen LogP contribution in [0.2, 0.25) is 0 Å². The van der Waals surface area contributed by atoms with Crippen molar-refractivity contribution in [3.8, 4) is 11.5 Å². The average Bonchev–Trinajstić information content (AvgIpc) is 2.93. The predicted octanol–water partition coefficient (Wildman–Crippen LogP) is 6.33. The third-order valence-electron chi connectivity index (χ3n) is 6.91. The van der Waals surface area contributed by atoms with Crippen LogP contribution in [0, 0.1) is 6.92 Å². The largest absolute Gasteiger partial charge is 0.496 e. The summed E-state index contributed by atoms with van der Waals surface area (Å²) in [7, 11) is 1.70. The van der Waals surface area contributed by atoms with Gasteiger partial charge in [0.15, 0.2) is 0 Å². The van der Waals surface area contributed by atoms with E-state index in [1.807, 2.05) is 60.7 Å². The van der Waals surface area contributed by atoms with E-state index in [1.165, 1.54) is 11.1 Å². The lowest BCUT2D eigenvalue weighted by Crippen LogP contribution is -2.37. The summed E-state index contributed by atoms with van der Waals surface area (Å²) in [6, 6.07) is 32.5. The van der Waals surface area contributed by atoms with Gasteiger partial charge < -0.3 is 20.3 Å². The molecule has 2 atom stereocenters. The van der Waals surface area contributed by atoms with Gasteiger partial charge in [0.1, 0.15) is 18.1 Å². The predicted molar refractivity (Wildman–Crippen MR) is 154 cm³/mol. The van der Waals surface area contributed by atoms with E-state index in [0.717, 1.165) is 35.4 Å². The van der Waals surface area contributed by atoms with Gasteiger partial charge in [0.2, 0.25) is 0 Å². The minimum atomic E-state index is -0.691. The van der Waals surface area contributed by atoms with E-state index < -0.39 is 6.10 Å². The Bertz CT molecular complexity index is 1290. The van der Waals surface area contributed by atoms with Crippen LogP contribution in [0.1, 0.15) is 40.8 Å². The number of methoxy groups -OCH3 is 1. The Morgan fingerprint density at radius 1 is 0.816 bits per heavy atom. The highest BCUT2D eigenvalue weighted by Crippen LogP contribution is 2.28. The number of nitrogen functional groups attached to an aromatic ring is 1. The highest BCUT2D eigenvalue weighted by molar-refractivity contribution is 5.54. The normalized spacial score (nSPS) is 12.8. The zero-order valence-electron chi connectivity index (χ0n) is 22.5. The second-order valence-electron chi connectivity index (χ2n) is 9.86. The number of ether oxygens (including phenoxy) is 2. The SMILES string of the molecule is COc1ccc(CC(C)N(Cc2ccccc2)CC(O)c2ccc(OCc3ccccc3)c(N)c2)cc1C. The van der Waals surface area contributed by atoms with Crippen LogP contribution in [-0.2, 0) is 19.6 Å². The van der Waals surface area contributed by atoms with Crippen molar-refractivity contribution < 1.29 is 14.6 Å². The van der Waals surface area contributed by atoms with E-state index in [4.69, 9.17) is 15.2 Å². The monoisotopic (exact) mass is 510 g/mol. The molecule has 4 aromatic rings. The highest BCUT2D eigenvalue weighted by atomic mass is 16.5. The number of benzene rings is 4. The minimum Gasteiger partial charge on any atom is -0.496 e. The lowest BCUT2D eigenvalue weighted by molar-refractivity contribution is 0.0859. The summed E-state index contributed by atoms with van der Waals surface area (Å²) >= 11 is 0. The van der Waals surface area contributed by atoms with Crippen molar-refractivity contribution in [3.05, 3.63) is 125 Å². The number of nitrogens with zero attached hydrogens (tertiary/aromatic N) is 1.